The molecule has 3 heterocycles. The molecule has 2 aromatic carbocycles. The van der Waals surface area contributed by atoms with E-state index in [1.54, 1.807) is 4.68 Å². The predicted molar refractivity (Wildman–Crippen MR) is 115 cm³/mol. The van der Waals surface area contributed by atoms with Gasteiger partial charge in [0.25, 0.3) is 5.95 Å². The molecule has 7 heteroatoms. The molecular weight excluding hydrogens is 376 g/mol. The number of tetrazole rings is 1. The van der Waals surface area contributed by atoms with E-state index in [0.717, 1.165) is 42.8 Å². The molecule has 1 amide bonds. The summed E-state index contributed by atoms with van der Waals surface area (Å²) in [6.45, 7) is 3.95. The number of hydrogen-bond donors (Lipinski definition) is 0. The van der Waals surface area contributed by atoms with Gasteiger partial charge in [-0.15, -0.1) is 0 Å². The van der Waals surface area contributed by atoms with Gasteiger partial charge in [0.1, 0.15) is 12.6 Å². The van der Waals surface area contributed by atoms with E-state index < -0.39 is 0 Å². The Kier molecular flexibility index (Phi) is 4.78. The summed E-state index contributed by atoms with van der Waals surface area (Å²) in [5.74, 6) is 0.702. The first kappa shape index (κ1) is 18.5. The number of rotatable bonds is 4. The maximum Gasteiger partial charge on any atom is 0.251 e. The molecule has 1 fully saturated rings. The van der Waals surface area contributed by atoms with Crippen LogP contribution in [0.1, 0.15) is 35.6 Å². The Morgan fingerprint density at radius 3 is 2.50 bits per heavy atom. The zero-order chi connectivity index (χ0) is 20.5. The summed E-state index contributed by atoms with van der Waals surface area (Å²) in [5, 5.41) is 12.5. The van der Waals surface area contributed by atoms with E-state index >= 15 is 0 Å². The Hall–Kier alpha value is -3.48. The van der Waals surface area contributed by atoms with Crippen molar-refractivity contribution >= 4 is 17.6 Å². The maximum absolute atomic E-state index is 13.0. The maximum atomic E-state index is 13.0. The second-order valence-electron chi connectivity index (χ2n) is 7.87. The zero-order valence-corrected chi connectivity index (χ0v) is 17.0. The van der Waals surface area contributed by atoms with Crippen molar-refractivity contribution in [2.24, 2.45) is 0 Å². The normalized spacial score (nSPS) is 18.3. The van der Waals surface area contributed by atoms with Crippen molar-refractivity contribution in [2.45, 2.75) is 25.8 Å². The quantitative estimate of drug-likeness (QED) is 0.673. The van der Waals surface area contributed by atoms with Crippen LogP contribution in [0, 0.1) is 6.92 Å². The number of amides is 1. The summed E-state index contributed by atoms with van der Waals surface area (Å²) >= 11 is 0. The van der Waals surface area contributed by atoms with E-state index in [2.05, 4.69) is 64.9 Å². The third-order valence-electron chi connectivity index (χ3n) is 5.83. The van der Waals surface area contributed by atoms with Crippen LogP contribution >= 0.6 is 0 Å². The summed E-state index contributed by atoms with van der Waals surface area (Å²) in [6.07, 6.45) is 4.29. The second-order valence-corrected chi connectivity index (χ2v) is 7.87. The molecule has 7 nitrogen and oxygen atoms in total. The van der Waals surface area contributed by atoms with E-state index in [-0.39, 0.29) is 18.5 Å². The van der Waals surface area contributed by atoms with E-state index in [0.29, 0.717) is 5.95 Å². The van der Waals surface area contributed by atoms with Gasteiger partial charge in [-0.2, -0.15) is 4.68 Å². The van der Waals surface area contributed by atoms with Crippen LogP contribution in [0.5, 0.6) is 0 Å². The fourth-order valence-corrected chi connectivity index (χ4v) is 4.19. The van der Waals surface area contributed by atoms with Crippen molar-refractivity contribution in [2.75, 3.05) is 24.5 Å². The smallest absolute Gasteiger partial charge is 0.251 e. The summed E-state index contributed by atoms with van der Waals surface area (Å²) in [6, 6.07) is 18.4. The molecule has 0 unspecified atom stereocenters. The molecule has 5 rings (SSSR count). The van der Waals surface area contributed by atoms with Crippen LogP contribution in [0.25, 0.3) is 5.70 Å². The van der Waals surface area contributed by atoms with Gasteiger partial charge in [-0.1, -0.05) is 65.3 Å². The summed E-state index contributed by atoms with van der Waals surface area (Å²) in [7, 11) is 0. The van der Waals surface area contributed by atoms with Crippen molar-refractivity contribution in [3.05, 3.63) is 77.4 Å². The van der Waals surface area contributed by atoms with Crippen LogP contribution in [-0.2, 0) is 4.79 Å². The van der Waals surface area contributed by atoms with Gasteiger partial charge in [0.15, 0.2) is 0 Å². The van der Waals surface area contributed by atoms with Gasteiger partial charge in [-0.3, -0.25) is 9.69 Å². The molecule has 0 aliphatic carbocycles. The van der Waals surface area contributed by atoms with Gasteiger partial charge in [0.2, 0.25) is 5.91 Å². The highest BCUT2D eigenvalue weighted by molar-refractivity contribution is 5.89. The highest BCUT2D eigenvalue weighted by atomic mass is 16.2. The van der Waals surface area contributed by atoms with Gasteiger partial charge in [0.05, 0.1) is 5.70 Å². The minimum absolute atomic E-state index is 0.109. The van der Waals surface area contributed by atoms with Gasteiger partial charge in [0, 0.05) is 13.1 Å². The monoisotopic (exact) mass is 400 g/mol. The van der Waals surface area contributed by atoms with Crippen molar-refractivity contribution in [1.82, 2.24) is 25.1 Å². The van der Waals surface area contributed by atoms with Crippen LogP contribution in [0.3, 0.4) is 0 Å². The van der Waals surface area contributed by atoms with Crippen molar-refractivity contribution in [3.8, 4) is 0 Å². The standard InChI is InChI=1S/C23H24N6O/c1-17-9-11-19(12-10-17)20-15-21(18-7-3-2-4-8-18)29-23(24-25-26-29)28(20)16-22(30)27-13-5-6-14-27/h2-4,7-12,15,21H,5-6,13-14,16H2,1H3/t21-/m1/s1. The highest BCUT2D eigenvalue weighted by Crippen LogP contribution is 2.36. The molecule has 0 N–H and O–H groups in total. The molecule has 0 radical (unpaired) electrons. The van der Waals surface area contributed by atoms with Crippen molar-refractivity contribution in [1.29, 1.82) is 0 Å². The van der Waals surface area contributed by atoms with Gasteiger partial charge < -0.3 is 4.90 Å². The lowest BCUT2D eigenvalue weighted by Gasteiger charge is -2.33. The van der Waals surface area contributed by atoms with Crippen LogP contribution in [0.15, 0.2) is 60.7 Å². The first-order chi connectivity index (χ1) is 14.7. The first-order valence-corrected chi connectivity index (χ1v) is 10.4. The molecule has 0 saturated carbocycles. The number of carbonyl (C=O) groups is 1. The molecule has 30 heavy (non-hydrogen) atoms. The topological polar surface area (TPSA) is 67.2 Å². The first-order valence-electron chi connectivity index (χ1n) is 10.4. The van der Waals surface area contributed by atoms with Crippen LogP contribution in [0.4, 0.5) is 5.95 Å². The lowest BCUT2D eigenvalue weighted by molar-refractivity contribution is -0.128. The van der Waals surface area contributed by atoms with Crippen molar-refractivity contribution < 1.29 is 4.79 Å². The number of anilines is 1. The predicted octanol–water partition coefficient (Wildman–Crippen LogP) is 3.05. The summed E-state index contributed by atoms with van der Waals surface area (Å²) in [4.78, 5) is 16.9. The van der Waals surface area contributed by atoms with Crippen LogP contribution < -0.4 is 4.90 Å². The van der Waals surface area contributed by atoms with Crippen molar-refractivity contribution in [3.63, 3.8) is 0 Å². The molecule has 2 aliphatic rings. The Balaban J connectivity index is 1.58. The fourth-order valence-electron chi connectivity index (χ4n) is 4.19. The number of benzene rings is 2. The Labute approximate surface area is 175 Å². The largest absolute Gasteiger partial charge is 0.341 e. The van der Waals surface area contributed by atoms with E-state index in [4.69, 9.17) is 0 Å². The number of nitrogens with zero attached hydrogens (tertiary/aromatic N) is 6. The lowest BCUT2D eigenvalue weighted by atomic mass is 10.00. The van der Waals surface area contributed by atoms with E-state index in [1.165, 1.54) is 5.56 Å². The number of allylic oxidation sites excluding steroid dienone is 1. The molecule has 1 saturated heterocycles. The molecule has 0 spiro atoms. The SMILES string of the molecule is Cc1ccc(C2=C[C@H](c3ccccc3)n3nnnc3N2CC(=O)N2CCCC2)cc1. The molecule has 2 aliphatic heterocycles. The third-order valence-corrected chi connectivity index (χ3v) is 5.83. The minimum Gasteiger partial charge on any atom is -0.341 e. The molecular formula is C23H24N6O. The fraction of sp³-hybridized carbons (Fsp3) is 0.304. The Morgan fingerprint density at radius 1 is 1.03 bits per heavy atom. The van der Waals surface area contributed by atoms with Gasteiger partial charge in [-0.25, -0.2) is 0 Å². The number of carbonyl (C=O) groups excluding carboxylic acids is 1. The molecule has 0 bridgehead atoms. The number of aromatic nitrogens is 4. The lowest BCUT2D eigenvalue weighted by Crippen LogP contribution is -2.41. The number of fused-ring (bicyclic) bond motifs is 1. The second kappa shape index (κ2) is 7.74. The van der Waals surface area contributed by atoms with Crippen LogP contribution in [0.2, 0.25) is 0 Å². The van der Waals surface area contributed by atoms with Crippen LogP contribution in [-0.4, -0.2) is 50.6 Å². The average Bonchev–Trinajstić information content (AvgIpc) is 3.48. The van der Waals surface area contributed by atoms with Gasteiger partial charge in [-0.05, 0) is 47.4 Å². The molecule has 1 atom stereocenters. The number of hydrogen-bond acceptors (Lipinski definition) is 5. The number of aryl methyl sites for hydroxylation is 1. The van der Waals surface area contributed by atoms with E-state index in [9.17, 15) is 4.79 Å². The summed E-state index contributed by atoms with van der Waals surface area (Å²) < 4.78 is 1.80. The Morgan fingerprint density at radius 2 is 1.77 bits per heavy atom. The molecule has 152 valence electrons. The summed E-state index contributed by atoms with van der Waals surface area (Å²) in [5.41, 5.74) is 4.30. The number of likely N-dealkylation sites (tertiary alicyclic amines) is 1. The minimum atomic E-state index is -0.134. The third kappa shape index (κ3) is 3.36. The Bertz CT molecular complexity index is 1070. The molecule has 3 aromatic rings. The zero-order valence-electron chi connectivity index (χ0n) is 17.0. The highest BCUT2D eigenvalue weighted by Gasteiger charge is 2.33. The molecule has 1 aromatic heterocycles. The average molecular weight is 400 g/mol. The van der Waals surface area contributed by atoms with Gasteiger partial charge >= 0.3 is 0 Å². The van der Waals surface area contributed by atoms with E-state index in [1.807, 2.05) is 28.0 Å².